The van der Waals surface area contributed by atoms with Gasteiger partial charge in [0.15, 0.2) is 0 Å². The number of hydrogen-bond acceptors (Lipinski definition) is 3. The van der Waals surface area contributed by atoms with Crippen LogP contribution in [-0.4, -0.2) is 44.1 Å². The minimum absolute atomic E-state index is 0.0966. The van der Waals surface area contributed by atoms with Crippen LogP contribution in [0, 0.1) is 5.92 Å². The van der Waals surface area contributed by atoms with E-state index in [-0.39, 0.29) is 11.8 Å². The van der Waals surface area contributed by atoms with E-state index in [4.69, 9.17) is 4.74 Å². The zero-order valence-corrected chi connectivity index (χ0v) is 17.5. The Morgan fingerprint density at radius 1 is 0.929 bits per heavy atom. The molecule has 150 valence electrons. The molecule has 0 aliphatic carbocycles. The van der Waals surface area contributed by atoms with Gasteiger partial charge in [0.2, 0.25) is 5.91 Å². The molecular formula is C24H32N2O2. The predicted octanol–water partition coefficient (Wildman–Crippen LogP) is 4.35. The molecule has 1 aliphatic rings. The molecule has 0 saturated carbocycles. The molecule has 3 rings (SSSR count). The Morgan fingerprint density at radius 3 is 2.07 bits per heavy atom. The van der Waals surface area contributed by atoms with Gasteiger partial charge >= 0.3 is 0 Å². The summed E-state index contributed by atoms with van der Waals surface area (Å²) in [6.45, 7) is 9.73. The highest BCUT2D eigenvalue weighted by Gasteiger charge is 2.26. The lowest BCUT2D eigenvalue weighted by Gasteiger charge is -2.37. The molecule has 2 aromatic rings. The van der Waals surface area contributed by atoms with Gasteiger partial charge in [0.05, 0.1) is 13.0 Å². The molecule has 1 aliphatic heterocycles. The van der Waals surface area contributed by atoms with Gasteiger partial charge in [0.25, 0.3) is 0 Å². The Labute approximate surface area is 169 Å². The zero-order chi connectivity index (χ0) is 20.1. The first-order chi connectivity index (χ1) is 13.5. The molecule has 28 heavy (non-hydrogen) atoms. The van der Waals surface area contributed by atoms with Crippen molar-refractivity contribution >= 4 is 11.6 Å². The summed E-state index contributed by atoms with van der Waals surface area (Å²) < 4.78 is 5.23. The van der Waals surface area contributed by atoms with Crippen molar-refractivity contribution in [1.82, 2.24) is 4.90 Å². The van der Waals surface area contributed by atoms with Crippen LogP contribution in [0.4, 0.5) is 5.69 Å². The quantitative estimate of drug-likeness (QED) is 0.747. The molecule has 1 saturated heterocycles. The van der Waals surface area contributed by atoms with Crippen LogP contribution in [-0.2, 0) is 11.2 Å². The number of nitrogens with zero attached hydrogens (tertiary/aromatic N) is 2. The summed E-state index contributed by atoms with van der Waals surface area (Å²) in [5.41, 5.74) is 3.63. The van der Waals surface area contributed by atoms with E-state index in [0.717, 1.165) is 43.9 Å². The average Bonchev–Trinajstić information content (AvgIpc) is 2.73. The Bertz CT molecular complexity index is 760. The van der Waals surface area contributed by atoms with Crippen molar-refractivity contribution in [2.45, 2.75) is 33.1 Å². The first-order valence-electron chi connectivity index (χ1n) is 10.2. The van der Waals surface area contributed by atoms with Crippen molar-refractivity contribution in [3.05, 3.63) is 59.7 Å². The van der Waals surface area contributed by atoms with Gasteiger partial charge in [0.1, 0.15) is 5.75 Å². The lowest BCUT2D eigenvalue weighted by atomic mass is 9.95. The van der Waals surface area contributed by atoms with E-state index in [2.05, 4.69) is 55.1 Å². The van der Waals surface area contributed by atoms with Crippen molar-refractivity contribution in [2.24, 2.45) is 5.92 Å². The van der Waals surface area contributed by atoms with Crippen LogP contribution in [0.3, 0.4) is 0 Å². The van der Waals surface area contributed by atoms with Gasteiger partial charge in [-0.05, 0) is 54.7 Å². The molecule has 0 N–H and O–H groups in total. The van der Waals surface area contributed by atoms with Gasteiger partial charge in [0, 0.05) is 31.9 Å². The zero-order valence-electron chi connectivity index (χ0n) is 17.5. The second-order valence-corrected chi connectivity index (χ2v) is 8.07. The number of piperazine rings is 1. The highest BCUT2D eigenvalue weighted by Crippen LogP contribution is 2.23. The Hall–Kier alpha value is -2.49. The molecule has 1 amide bonds. The summed E-state index contributed by atoms with van der Waals surface area (Å²) in [7, 11) is 1.68. The number of methoxy groups -OCH3 is 1. The average molecular weight is 381 g/mol. The maximum atomic E-state index is 13.0. The maximum absolute atomic E-state index is 13.0. The number of hydrogen-bond donors (Lipinski definition) is 0. The van der Waals surface area contributed by atoms with Crippen LogP contribution >= 0.6 is 0 Å². The summed E-state index contributed by atoms with van der Waals surface area (Å²) in [6, 6.07) is 16.7. The van der Waals surface area contributed by atoms with Crippen molar-refractivity contribution in [3.8, 4) is 5.75 Å². The molecule has 0 radical (unpaired) electrons. The summed E-state index contributed by atoms with van der Waals surface area (Å²) >= 11 is 0. The second-order valence-electron chi connectivity index (χ2n) is 8.07. The molecule has 0 spiro atoms. The monoisotopic (exact) mass is 380 g/mol. The number of amides is 1. The minimum Gasteiger partial charge on any atom is -0.497 e. The molecule has 1 atom stereocenters. The fraction of sp³-hybridized carbons (Fsp3) is 0.458. The second kappa shape index (κ2) is 9.13. The summed E-state index contributed by atoms with van der Waals surface area (Å²) in [6.07, 6.45) is 1.08. The number of carbonyl (C=O) groups excluding carboxylic acids is 1. The summed E-state index contributed by atoms with van der Waals surface area (Å²) in [5, 5.41) is 0. The predicted molar refractivity (Wildman–Crippen MR) is 115 cm³/mol. The Kier molecular flexibility index (Phi) is 6.61. The number of carbonyl (C=O) groups is 1. The minimum atomic E-state index is -0.0966. The fourth-order valence-corrected chi connectivity index (χ4v) is 3.81. The normalized spacial score (nSPS) is 15.6. The molecule has 0 bridgehead atoms. The van der Waals surface area contributed by atoms with E-state index < -0.39 is 0 Å². The largest absolute Gasteiger partial charge is 0.497 e. The third kappa shape index (κ3) is 4.86. The first-order valence-corrected chi connectivity index (χ1v) is 10.2. The van der Waals surface area contributed by atoms with Crippen molar-refractivity contribution in [2.75, 3.05) is 38.2 Å². The van der Waals surface area contributed by atoms with Crippen LogP contribution in [0.25, 0.3) is 0 Å². The highest BCUT2D eigenvalue weighted by atomic mass is 16.5. The van der Waals surface area contributed by atoms with E-state index in [9.17, 15) is 4.79 Å². The van der Waals surface area contributed by atoms with Crippen LogP contribution in [0.15, 0.2) is 48.5 Å². The van der Waals surface area contributed by atoms with Crippen molar-refractivity contribution in [3.63, 3.8) is 0 Å². The first kappa shape index (κ1) is 20.2. The number of benzene rings is 2. The fourth-order valence-electron chi connectivity index (χ4n) is 3.81. The van der Waals surface area contributed by atoms with Crippen LogP contribution < -0.4 is 9.64 Å². The van der Waals surface area contributed by atoms with E-state index in [1.165, 1.54) is 11.3 Å². The lowest BCUT2D eigenvalue weighted by Crippen LogP contribution is -2.49. The van der Waals surface area contributed by atoms with Gasteiger partial charge < -0.3 is 14.5 Å². The molecule has 1 heterocycles. The topological polar surface area (TPSA) is 32.8 Å². The van der Waals surface area contributed by atoms with Crippen molar-refractivity contribution in [1.29, 1.82) is 0 Å². The SMILES string of the molecule is COc1ccc(N2CCN(C(=O)C(C)c3ccc(CC(C)C)cc3)CC2)cc1. The molecule has 2 aromatic carbocycles. The summed E-state index contributed by atoms with van der Waals surface area (Å²) in [4.78, 5) is 17.3. The lowest BCUT2D eigenvalue weighted by molar-refractivity contribution is -0.132. The standard InChI is InChI=1S/C24H32N2O2/c1-18(2)17-20-5-7-21(8-6-20)19(3)24(27)26-15-13-25(14-16-26)22-9-11-23(28-4)12-10-22/h5-12,18-19H,13-17H2,1-4H3. The van der Waals surface area contributed by atoms with Gasteiger partial charge in [-0.1, -0.05) is 38.1 Å². The van der Waals surface area contributed by atoms with Crippen LogP contribution in [0.1, 0.15) is 37.8 Å². The Balaban J connectivity index is 1.56. The molecular weight excluding hydrogens is 348 g/mol. The molecule has 1 unspecified atom stereocenters. The van der Waals surface area contributed by atoms with Gasteiger partial charge in [-0.25, -0.2) is 0 Å². The van der Waals surface area contributed by atoms with Gasteiger partial charge in [-0.3, -0.25) is 4.79 Å². The third-order valence-corrected chi connectivity index (χ3v) is 5.52. The van der Waals surface area contributed by atoms with E-state index in [0.29, 0.717) is 5.92 Å². The van der Waals surface area contributed by atoms with Crippen LogP contribution in [0.2, 0.25) is 0 Å². The smallest absolute Gasteiger partial charge is 0.229 e. The van der Waals surface area contributed by atoms with Gasteiger partial charge in [-0.2, -0.15) is 0 Å². The maximum Gasteiger partial charge on any atom is 0.229 e. The molecule has 4 nitrogen and oxygen atoms in total. The molecule has 0 aromatic heterocycles. The van der Waals surface area contributed by atoms with E-state index in [1.54, 1.807) is 7.11 Å². The number of anilines is 1. The van der Waals surface area contributed by atoms with Crippen molar-refractivity contribution < 1.29 is 9.53 Å². The van der Waals surface area contributed by atoms with Crippen LogP contribution in [0.5, 0.6) is 5.75 Å². The van der Waals surface area contributed by atoms with Gasteiger partial charge in [-0.15, -0.1) is 0 Å². The molecule has 1 fully saturated rings. The van der Waals surface area contributed by atoms with E-state index in [1.807, 2.05) is 24.0 Å². The Morgan fingerprint density at radius 2 is 1.54 bits per heavy atom. The summed E-state index contributed by atoms with van der Waals surface area (Å²) in [5.74, 6) is 1.64. The molecule has 4 heteroatoms. The van der Waals surface area contributed by atoms with E-state index >= 15 is 0 Å². The number of rotatable bonds is 6. The third-order valence-electron chi connectivity index (χ3n) is 5.52. The highest BCUT2D eigenvalue weighted by molar-refractivity contribution is 5.83. The number of ether oxygens (including phenoxy) is 1.